The van der Waals surface area contributed by atoms with Crippen LogP contribution in [0.3, 0.4) is 0 Å². The van der Waals surface area contributed by atoms with Gasteiger partial charge in [0.15, 0.2) is 11.5 Å². The van der Waals surface area contributed by atoms with Gasteiger partial charge >= 0.3 is 5.97 Å². The number of rotatable bonds is 13. The molecule has 0 amide bonds. The second-order valence-corrected chi connectivity index (χ2v) is 7.69. The van der Waals surface area contributed by atoms with Gasteiger partial charge in [0.1, 0.15) is 11.6 Å². The maximum atomic E-state index is 14.2. The minimum absolute atomic E-state index is 0.132. The summed E-state index contributed by atoms with van der Waals surface area (Å²) in [6.45, 7) is 2.92. The number of aliphatic carboxylic acids is 1. The molecule has 7 nitrogen and oxygen atoms in total. The van der Waals surface area contributed by atoms with Crippen LogP contribution in [-0.4, -0.2) is 41.2 Å². The molecule has 1 heterocycles. The zero-order valence-corrected chi connectivity index (χ0v) is 19.2. The van der Waals surface area contributed by atoms with Crippen molar-refractivity contribution in [3.8, 4) is 17.4 Å². The van der Waals surface area contributed by atoms with Gasteiger partial charge in [-0.1, -0.05) is 25.1 Å². The van der Waals surface area contributed by atoms with Crippen LogP contribution in [0.4, 0.5) is 8.78 Å². The molecule has 0 spiro atoms. The highest BCUT2D eigenvalue weighted by molar-refractivity contribution is 5.72. The third-order valence-corrected chi connectivity index (χ3v) is 5.08. The summed E-state index contributed by atoms with van der Waals surface area (Å²) in [5, 5.41) is 13.6. The lowest BCUT2D eigenvalue weighted by Gasteiger charge is -2.14. The molecule has 0 saturated heterocycles. The van der Waals surface area contributed by atoms with Crippen molar-refractivity contribution in [1.29, 1.82) is 0 Å². The second-order valence-electron chi connectivity index (χ2n) is 7.69. The quantitative estimate of drug-likeness (QED) is 0.363. The minimum Gasteiger partial charge on any atom is -0.493 e. The molecule has 0 fully saturated rings. The summed E-state index contributed by atoms with van der Waals surface area (Å²) in [5.41, 5.74) is 1.65. The van der Waals surface area contributed by atoms with Gasteiger partial charge in [0, 0.05) is 29.0 Å². The molecular weight excluding hydrogens is 446 g/mol. The fourth-order valence-electron chi connectivity index (χ4n) is 3.47. The summed E-state index contributed by atoms with van der Waals surface area (Å²) in [6.07, 6.45) is 1.77. The average molecular weight is 475 g/mol. The first-order chi connectivity index (χ1) is 16.4. The fraction of sp³-hybridized carbons (Fsp3) is 0.360. The summed E-state index contributed by atoms with van der Waals surface area (Å²) in [4.78, 5) is 11.2. The Morgan fingerprint density at radius 2 is 1.91 bits per heavy atom. The van der Waals surface area contributed by atoms with E-state index < -0.39 is 17.6 Å². The van der Waals surface area contributed by atoms with Crippen molar-refractivity contribution in [1.82, 2.24) is 9.78 Å². The molecule has 0 radical (unpaired) electrons. The molecule has 0 aliphatic rings. The van der Waals surface area contributed by atoms with Gasteiger partial charge < -0.3 is 19.3 Å². The summed E-state index contributed by atoms with van der Waals surface area (Å²) in [6, 6.07) is 10.4. The number of benzene rings is 2. The molecule has 0 aliphatic carbocycles. The van der Waals surface area contributed by atoms with Crippen LogP contribution in [0, 0.1) is 11.6 Å². The molecule has 1 aromatic heterocycles. The Bertz CT molecular complexity index is 1120. The van der Waals surface area contributed by atoms with Gasteiger partial charge in [0.25, 0.3) is 0 Å². The van der Waals surface area contributed by atoms with E-state index in [9.17, 15) is 13.6 Å². The molecule has 0 bridgehead atoms. The van der Waals surface area contributed by atoms with Crippen molar-refractivity contribution in [2.45, 2.75) is 39.2 Å². The first-order valence-electron chi connectivity index (χ1n) is 11.0. The Kier molecular flexibility index (Phi) is 8.84. The maximum absolute atomic E-state index is 14.2. The summed E-state index contributed by atoms with van der Waals surface area (Å²) < 4.78 is 45.9. The van der Waals surface area contributed by atoms with E-state index in [0.717, 1.165) is 18.2 Å². The first-order valence-corrected chi connectivity index (χ1v) is 11.0. The van der Waals surface area contributed by atoms with Crippen LogP contribution in [-0.2, 0) is 24.2 Å². The van der Waals surface area contributed by atoms with E-state index in [1.54, 1.807) is 28.9 Å². The zero-order chi connectivity index (χ0) is 24.5. The topological polar surface area (TPSA) is 82.8 Å². The van der Waals surface area contributed by atoms with Crippen LogP contribution >= 0.6 is 0 Å². The average Bonchev–Trinajstić information content (AvgIpc) is 3.18. The molecule has 34 heavy (non-hydrogen) atoms. The lowest BCUT2D eigenvalue weighted by Crippen LogP contribution is -2.10. The number of carboxylic acids is 1. The molecule has 3 rings (SSSR count). The highest BCUT2D eigenvalue weighted by Gasteiger charge is 2.15. The predicted octanol–water partition coefficient (Wildman–Crippen LogP) is 4.65. The molecule has 0 saturated carbocycles. The largest absolute Gasteiger partial charge is 0.493 e. The van der Waals surface area contributed by atoms with Crippen LogP contribution in [0.25, 0.3) is 0 Å². The van der Waals surface area contributed by atoms with E-state index in [-0.39, 0.29) is 13.0 Å². The van der Waals surface area contributed by atoms with E-state index in [4.69, 9.17) is 19.3 Å². The normalized spacial score (nSPS) is 10.8. The summed E-state index contributed by atoms with van der Waals surface area (Å²) in [5.74, 6) is -0.928. The number of hydrogen-bond acceptors (Lipinski definition) is 5. The number of hydrogen-bond donors (Lipinski definition) is 1. The van der Waals surface area contributed by atoms with E-state index >= 15 is 0 Å². The highest BCUT2D eigenvalue weighted by atomic mass is 19.1. The molecule has 1 N–H and O–H groups in total. The van der Waals surface area contributed by atoms with E-state index in [0.29, 0.717) is 54.6 Å². The number of aryl methyl sites for hydroxylation is 1. The number of halogens is 2. The van der Waals surface area contributed by atoms with Crippen molar-refractivity contribution in [3.05, 3.63) is 70.9 Å². The van der Waals surface area contributed by atoms with Crippen molar-refractivity contribution < 1.29 is 32.9 Å². The fourth-order valence-corrected chi connectivity index (χ4v) is 3.47. The molecule has 182 valence electrons. The van der Waals surface area contributed by atoms with Crippen LogP contribution in [0.5, 0.6) is 17.4 Å². The number of carbonyl (C=O) groups is 1. The van der Waals surface area contributed by atoms with Crippen LogP contribution in [0.2, 0.25) is 0 Å². The predicted molar refractivity (Wildman–Crippen MR) is 122 cm³/mol. The maximum Gasteiger partial charge on any atom is 0.307 e. The van der Waals surface area contributed by atoms with Gasteiger partial charge in [0.2, 0.25) is 5.88 Å². The monoisotopic (exact) mass is 474 g/mol. The first kappa shape index (κ1) is 25.0. The molecule has 3 aromatic rings. The van der Waals surface area contributed by atoms with Crippen LogP contribution < -0.4 is 14.2 Å². The molecule has 0 aliphatic heterocycles. The third-order valence-electron chi connectivity index (χ3n) is 5.08. The number of nitrogens with zero attached hydrogens (tertiary/aromatic N) is 2. The highest BCUT2D eigenvalue weighted by Crippen LogP contribution is 2.31. The summed E-state index contributed by atoms with van der Waals surface area (Å²) in [7, 11) is 1.50. The number of ether oxygens (including phenoxy) is 3. The number of para-hydroxylation sites is 1. The van der Waals surface area contributed by atoms with Gasteiger partial charge in [0.05, 0.1) is 33.3 Å². The number of aromatic nitrogens is 2. The molecule has 0 atom stereocenters. The van der Waals surface area contributed by atoms with E-state index in [1.807, 2.05) is 6.92 Å². The van der Waals surface area contributed by atoms with Crippen molar-refractivity contribution in [2.75, 3.05) is 20.3 Å². The van der Waals surface area contributed by atoms with Gasteiger partial charge in [-0.2, -0.15) is 0 Å². The SMILES string of the molecule is CCCOc1cc(CCCOc2c(CC(=O)O)cccc2OC)n(Cc2ccc(F)cc2F)n1. The Hall–Kier alpha value is -3.62. The molecular formula is C25H28F2N2O5. The van der Waals surface area contributed by atoms with Crippen LogP contribution in [0.1, 0.15) is 36.6 Å². The lowest BCUT2D eigenvalue weighted by atomic mass is 10.1. The number of carboxylic acid groups (broad SMARTS) is 1. The van der Waals surface area contributed by atoms with Crippen LogP contribution in [0.15, 0.2) is 42.5 Å². The van der Waals surface area contributed by atoms with Crippen molar-refractivity contribution in [2.24, 2.45) is 0 Å². The van der Waals surface area contributed by atoms with Gasteiger partial charge in [-0.3, -0.25) is 9.48 Å². The Morgan fingerprint density at radius 1 is 1.09 bits per heavy atom. The van der Waals surface area contributed by atoms with Crippen molar-refractivity contribution in [3.63, 3.8) is 0 Å². The lowest BCUT2D eigenvalue weighted by molar-refractivity contribution is -0.136. The second kappa shape index (κ2) is 12.0. The minimum atomic E-state index is -0.963. The smallest absolute Gasteiger partial charge is 0.307 e. The Balaban J connectivity index is 1.70. The Labute approximate surface area is 196 Å². The zero-order valence-electron chi connectivity index (χ0n) is 19.2. The van der Waals surface area contributed by atoms with E-state index in [1.165, 1.54) is 19.2 Å². The molecule has 9 heteroatoms. The van der Waals surface area contributed by atoms with Crippen molar-refractivity contribution >= 4 is 5.97 Å². The number of methoxy groups -OCH3 is 1. The van der Waals surface area contributed by atoms with Gasteiger partial charge in [-0.25, -0.2) is 8.78 Å². The van der Waals surface area contributed by atoms with E-state index in [2.05, 4.69) is 5.10 Å². The molecule has 0 unspecified atom stereocenters. The molecule has 2 aromatic carbocycles. The Morgan fingerprint density at radius 3 is 2.62 bits per heavy atom. The van der Waals surface area contributed by atoms with Gasteiger partial charge in [-0.05, 0) is 31.4 Å². The summed E-state index contributed by atoms with van der Waals surface area (Å²) >= 11 is 0. The third kappa shape index (κ3) is 6.69. The van der Waals surface area contributed by atoms with Gasteiger partial charge in [-0.15, -0.1) is 5.10 Å². The standard InChI is InChI=1S/C25H28F2N2O5/c1-3-11-33-23-15-20(29(28-23)16-18-9-10-19(26)14-21(18)27)7-5-12-34-25-17(13-24(30)31)6-4-8-22(25)32-2/h4,6,8-10,14-15H,3,5,7,11-13,16H2,1-2H3,(H,30,31).